The highest BCUT2D eigenvalue weighted by atomic mass is 16.3. The van der Waals surface area contributed by atoms with E-state index >= 15 is 0 Å². The summed E-state index contributed by atoms with van der Waals surface area (Å²) in [6.45, 7) is 2.52. The third kappa shape index (κ3) is 4.48. The molecule has 0 bridgehead atoms. The first-order valence-corrected chi connectivity index (χ1v) is 11.5. The number of nitrogens with one attached hydrogen (secondary N) is 1. The monoisotopic (exact) mass is 467 g/mol. The molecule has 0 aliphatic carbocycles. The summed E-state index contributed by atoms with van der Waals surface area (Å²) in [5, 5.41) is 24.5. The van der Waals surface area contributed by atoms with E-state index < -0.39 is 0 Å². The second-order valence-corrected chi connectivity index (χ2v) is 8.35. The standard InChI is InChI=1S/C26H25N7O2/c1-2-5-23(21-6-3-4-7-24(21)34)33-15-14-32(26(33)35)17-18-8-10-19(11-9-18)20-12-13-27-16-22(20)25-28-30-31-29-25/h3-4,6-16,23,34H,2,5,17H2,1H3,(H,28,29,30,31). The highest BCUT2D eigenvalue weighted by Gasteiger charge is 2.19. The maximum Gasteiger partial charge on any atom is 0.329 e. The Labute approximate surface area is 201 Å². The average Bonchev–Trinajstić information content (AvgIpc) is 3.55. The Morgan fingerprint density at radius 1 is 1.03 bits per heavy atom. The number of para-hydroxylation sites is 1. The smallest absolute Gasteiger partial charge is 0.329 e. The lowest BCUT2D eigenvalue weighted by Gasteiger charge is -2.18. The van der Waals surface area contributed by atoms with E-state index in [0.29, 0.717) is 12.4 Å². The molecule has 2 N–H and O–H groups in total. The molecule has 0 fully saturated rings. The number of phenols is 1. The number of phenolic OH excluding ortho intramolecular Hbond substituents is 1. The summed E-state index contributed by atoms with van der Waals surface area (Å²) in [6, 6.07) is 17.0. The number of hydrogen-bond acceptors (Lipinski definition) is 6. The highest BCUT2D eigenvalue weighted by Crippen LogP contribution is 2.30. The maximum absolute atomic E-state index is 13.3. The molecule has 0 amide bonds. The second-order valence-electron chi connectivity index (χ2n) is 8.35. The van der Waals surface area contributed by atoms with Crippen LogP contribution in [0, 0.1) is 0 Å². The van der Waals surface area contributed by atoms with Crippen LogP contribution in [0.1, 0.15) is 36.9 Å². The number of imidazole rings is 1. The van der Waals surface area contributed by atoms with Crippen LogP contribution in [-0.4, -0.2) is 39.8 Å². The van der Waals surface area contributed by atoms with Crippen molar-refractivity contribution in [3.63, 3.8) is 0 Å². The zero-order chi connectivity index (χ0) is 24.2. The van der Waals surface area contributed by atoms with Gasteiger partial charge in [-0.1, -0.05) is 55.8 Å². The van der Waals surface area contributed by atoms with E-state index in [9.17, 15) is 9.90 Å². The van der Waals surface area contributed by atoms with Gasteiger partial charge in [-0.25, -0.2) is 9.89 Å². The fourth-order valence-electron chi connectivity index (χ4n) is 4.37. The van der Waals surface area contributed by atoms with E-state index in [1.807, 2.05) is 42.5 Å². The molecule has 0 radical (unpaired) electrons. The van der Waals surface area contributed by atoms with Gasteiger partial charge in [0.1, 0.15) is 5.75 Å². The van der Waals surface area contributed by atoms with Crippen LogP contribution < -0.4 is 5.69 Å². The van der Waals surface area contributed by atoms with Gasteiger partial charge in [0.25, 0.3) is 0 Å². The van der Waals surface area contributed by atoms with Gasteiger partial charge in [0, 0.05) is 35.9 Å². The molecule has 9 nitrogen and oxygen atoms in total. The SMILES string of the molecule is CCCC(c1ccccc1O)n1ccn(Cc2ccc(-c3ccncc3-c3nnn[nH]3)cc2)c1=O. The summed E-state index contributed by atoms with van der Waals surface area (Å²) >= 11 is 0. The fraction of sp³-hybridized carbons (Fsp3) is 0.192. The van der Waals surface area contributed by atoms with Crippen molar-refractivity contribution in [2.24, 2.45) is 0 Å². The lowest BCUT2D eigenvalue weighted by Crippen LogP contribution is -2.28. The first-order chi connectivity index (χ1) is 17.2. The zero-order valence-electron chi connectivity index (χ0n) is 19.2. The number of benzene rings is 2. The predicted octanol–water partition coefficient (Wildman–Crippen LogP) is 4.04. The van der Waals surface area contributed by atoms with Crippen molar-refractivity contribution in [1.82, 2.24) is 34.7 Å². The van der Waals surface area contributed by atoms with Crippen molar-refractivity contribution in [3.05, 3.63) is 101 Å². The topological polar surface area (TPSA) is 115 Å². The van der Waals surface area contributed by atoms with Crippen LogP contribution >= 0.6 is 0 Å². The van der Waals surface area contributed by atoms with E-state index in [4.69, 9.17) is 0 Å². The Hall–Kier alpha value is -4.53. The molecule has 5 rings (SSSR count). The Morgan fingerprint density at radius 3 is 2.60 bits per heavy atom. The minimum absolute atomic E-state index is 0.106. The summed E-state index contributed by atoms with van der Waals surface area (Å²) in [5.74, 6) is 0.758. The highest BCUT2D eigenvalue weighted by molar-refractivity contribution is 5.79. The van der Waals surface area contributed by atoms with Gasteiger partial charge in [-0.3, -0.25) is 14.1 Å². The summed E-state index contributed by atoms with van der Waals surface area (Å²) in [4.78, 5) is 17.4. The van der Waals surface area contributed by atoms with Crippen molar-refractivity contribution in [1.29, 1.82) is 0 Å². The number of tetrazole rings is 1. The summed E-state index contributed by atoms with van der Waals surface area (Å²) in [5.41, 5.74) is 4.41. The van der Waals surface area contributed by atoms with E-state index in [1.165, 1.54) is 0 Å². The molecule has 1 unspecified atom stereocenters. The number of rotatable bonds is 8. The molecule has 0 aliphatic heterocycles. The molecule has 5 aromatic rings. The van der Waals surface area contributed by atoms with Gasteiger partial charge >= 0.3 is 5.69 Å². The lowest BCUT2D eigenvalue weighted by molar-refractivity contribution is 0.438. The van der Waals surface area contributed by atoms with E-state index in [-0.39, 0.29) is 17.5 Å². The van der Waals surface area contributed by atoms with Gasteiger partial charge in [-0.05, 0) is 45.7 Å². The lowest BCUT2D eigenvalue weighted by atomic mass is 10.00. The average molecular weight is 468 g/mol. The summed E-state index contributed by atoms with van der Waals surface area (Å²) in [6.07, 6.45) is 8.71. The van der Waals surface area contributed by atoms with Crippen molar-refractivity contribution in [2.45, 2.75) is 32.4 Å². The zero-order valence-corrected chi connectivity index (χ0v) is 19.2. The van der Waals surface area contributed by atoms with Crippen molar-refractivity contribution < 1.29 is 5.11 Å². The number of pyridine rings is 1. The van der Waals surface area contributed by atoms with Crippen LogP contribution in [0.3, 0.4) is 0 Å². The quantitative estimate of drug-likeness (QED) is 0.356. The Morgan fingerprint density at radius 2 is 1.86 bits per heavy atom. The van der Waals surface area contributed by atoms with Gasteiger partial charge < -0.3 is 5.11 Å². The molecule has 9 heteroatoms. The molecule has 2 aromatic carbocycles. The Kier molecular flexibility index (Phi) is 6.21. The fourth-order valence-corrected chi connectivity index (χ4v) is 4.37. The molecule has 176 valence electrons. The maximum atomic E-state index is 13.3. The van der Waals surface area contributed by atoms with Crippen molar-refractivity contribution in [3.8, 4) is 28.3 Å². The van der Waals surface area contributed by atoms with Crippen LogP contribution in [0.15, 0.2) is 84.2 Å². The van der Waals surface area contributed by atoms with Gasteiger partial charge in [-0.2, -0.15) is 0 Å². The number of H-pyrrole nitrogens is 1. The number of hydrogen-bond donors (Lipinski definition) is 2. The molecule has 0 saturated carbocycles. The van der Waals surface area contributed by atoms with Crippen LogP contribution in [0.2, 0.25) is 0 Å². The van der Waals surface area contributed by atoms with Crippen LogP contribution in [0.4, 0.5) is 0 Å². The summed E-state index contributed by atoms with van der Waals surface area (Å²) in [7, 11) is 0. The van der Waals surface area contributed by atoms with Crippen LogP contribution in [0.5, 0.6) is 5.75 Å². The molecule has 0 saturated heterocycles. The molecular weight excluding hydrogens is 442 g/mol. The first kappa shape index (κ1) is 22.3. The number of aromatic nitrogens is 7. The second kappa shape index (κ2) is 9.76. The van der Waals surface area contributed by atoms with Gasteiger partial charge in [-0.15, -0.1) is 5.10 Å². The first-order valence-electron chi connectivity index (χ1n) is 11.5. The Bertz CT molecular complexity index is 1470. The Balaban J connectivity index is 1.40. The normalized spacial score (nSPS) is 12.0. The molecular formula is C26H25N7O2. The molecule has 0 aliphatic rings. The summed E-state index contributed by atoms with van der Waals surface area (Å²) < 4.78 is 3.40. The molecule has 3 heterocycles. The van der Waals surface area contributed by atoms with Gasteiger partial charge in [0.15, 0.2) is 5.82 Å². The van der Waals surface area contributed by atoms with Crippen LogP contribution in [-0.2, 0) is 6.54 Å². The van der Waals surface area contributed by atoms with Gasteiger partial charge in [0.05, 0.1) is 12.6 Å². The molecule has 35 heavy (non-hydrogen) atoms. The molecule has 3 aromatic heterocycles. The van der Waals surface area contributed by atoms with Crippen LogP contribution in [0.25, 0.3) is 22.5 Å². The molecule has 1 atom stereocenters. The number of aromatic hydroxyl groups is 1. The molecule has 0 spiro atoms. The largest absolute Gasteiger partial charge is 0.508 e. The van der Waals surface area contributed by atoms with E-state index in [1.54, 1.807) is 46.1 Å². The predicted molar refractivity (Wildman–Crippen MR) is 132 cm³/mol. The minimum atomic E-state index is -0.215. The third-order valence-corrected chi connectivity index (χ3v) is 6.11. The van der Waals surface area contributed by atoms with Crippen molar-refractivity contribution in [2.75, 3.05) is 0 Å². The number of nitrogens with zero attached hydrogens (tertiary/aromatic N) is 6. The third-order valence-electron chi connectivity index (χ3n) is 6.11. The van der Waals surface area contributed by atoms with E-state index in [0.717, 1.165) is 40.7 Å². The van der Waals surface area contributed by atoms with Crippen molar-refractivity contribution >= 4 is 0 Å². The van der Waals surface area contributed by atoms with E-state index in [2.05, 4.69) is 32.5 Å². The minimum Gasteiger partial charge on any atom is -0.508 e. The van der Waals surface area contributed by atoms with Gasteiger partial charge in [0.2, 0.25) is 0 Å². The number of aromatic amines is 1.